The Labute approximate surface area is 94.7 Å². The van der Waals surface area contributed by atoms with Crippen LogP contribution in [0.5, 0.6) is 0 Å². The zero-order chi connectivity index (χ0) is 11.1. The molecule has 0 aromatic rings. The molecule has 0 atom stereocenters. The van der Waals surface area contributed by atoms with Gasteiger partial charge < -0.3 is 5.32 Å². The van der Waals surface area contributed by atoms with E-state index in [9.17, 15) is 0 Å². The highest BCUT2D eigenvalue weighted by molar-refractivity contribution is 4.84. The number of nitrogens with zero attached hydrogens (tertiary/aromatic N) is 1. The van der Waals surface area contributed by atoms with Gasteiger partial charge in [0.1, 0.15) is 0 Å². The van der Waals surface area contributed by atoms with E-state index in [0.29, 0.717) is 6.04 Å². The number of hydrogen-bond donors (Lipinski definition) is 1. The molecule has 0 spiro atoms. The smallest absolute Gasteiger partial charge is 0.0163 e. The van der Waals surface area contributed by atoms with E-state index >= 15 is 0 Å². The Bertz CT molecular complexity index is 179. The number of rotatable bonds is 5. The Morgan fingerprint density at radius 1 is 1.33 bits per heavy atom. The molecule has 1 aliphatic rings. The molecule has 1 aliphatic heterocycles. The van der Waals surface area contributed by atoms with Crippen LogP contribution >= 0.6 is 0 Å². The summed E-state index contributed by atoms with van der Waals surface area (Å²) in [6, 6.07) is 0.631. The van der Waals surface area contributed by atoms with E-state index in [4.69, 9.17) is 0 Å². The minimum atomic E-state index is 0.631. The molecular formula is C13H26N2. The molecule has 1 heterocycles. The van der Waals surface area contributed by atoms with Crippen LogP contribution in [0.15, 0.2) is 12.2 Å². The summed E-state index contributed by atoms with van der Waals surface area (Å²) in [6.07, 6.45) is 7.12. The van der Waals surface area contributed by atoms with Gasteiger partial charge in [-0.05, 0) is 45.3 Å². The van der Waals surface area contributed by atoms with E-state index in [0.717, 1.165) is 12.5 Å². The van der Waals surface area contributed by atoms with Gasteiger partial charge in [0, 0.05) is 12.6 Å². The largest absolute Gasteiger partial charge is 0.314 e. The van der Waals surface area contributed by atoms with E-state index < -0.39 is 0 Å². The van der Waals surface area contributed by atoms with Gasteiger partial charge in [0.2, 0.25) is 0 Å². The minimum Gasteiger partial charge on any atom is -0.314 e. The molecule has 2 nitrogen and oxygen atoms in total. The molecule has 0 saturated carbocycles. The summed E-state index contributed by atoms with van der Waals surface area (Å²) < 4.78 is 0. The Hall–Kier alpha value is -0.340. The van der Waals surface area contributed by atoms with Gasteiger partial charge >= 0.3 is 0 Å². The van der Waals surface area contributed by atoms with Crippen LogP contribution in [0.2, 0.25) is 0 Å². The third-order valence-corrected chi connectivity index (χ3v) is 3.12. The molecular weight excluding hydrogens is 184 g/mol. The lowest BCUT2D eigenvalue weighted by Gasteiger charge is -2.31. The van der Waals surface area contributed by atoms with Crippen LogP contribution in [-0.2, 0) is 0 Å². The molecule has 15 heavy (non-hydrogen) atoms. The van der Waals surface area contributed by atoms with Crippen molar-refractivity contribution in [3.63, 3.8) is 0 Å². The van der Waals surface area contributed by atoms with Crippen molar-refractivity contribution < 1.29 is 0 Å². The van der Waals surface area contributed by atoms with Gasteiger partial charge in [0.15, 0.2) is 0 Å². The Kier molecular flexibility index (Phi) is 5.96. The second-order valence-corrected chi connectivity index (χ2v) is 4.88. The molecule has 0 aromatic carbocycles. The fraction of sp³-hybridized carbons (Fsp3) is 0.846. The predicted octanol–water partition coefficient (Wildman–Crippen LogP) is 2.27. The van der Waals surface area contributed by atoms with Crippen molar-refractivity contribution in [3.05, 3.63) is 12.2 Å². The van der Waals surface area contributed by atoms with Gasteiger partial charge in [-0.15, -0.1) is 0 Å². The number of piperidine rings is 1. The van der Waals surface area contributed by atoms with Crippen LogP contribution < -0.4 is 5.32 Å². The number of allylic oxidation sites excluding steroid dienone is 1. The van der Waals surface area contributed by atoms with Gasteiger partial charge in [0.25, 0.3) is 0 Å². The maximum atomic E-state index is 3.54. The second kappa shape index (κ2) is 7.02. The molecule has 1 fully saturated rings. The normalized spacial score (nSPS) is 20.5. The summed E-state index contributed by atoms with van der Waals surface area (Å²) in [5.41, 5.74) is 0. The zero-order valence-electron chi connectivity index (χ0n) is 10.5. The summed E-state index contributed by atoms with van der Waals surface area (Å²) >= 11 is 0. The molecule has 2 heteroatoms. The van der Waals surface area contributed by atoms with Crippen molar-refractivity contribution in [1.29, 1.82) is 0 Å². The average Bonchev–Trinajstić information content (AvgIpc) is 2.25. The van der Waals surface area contributed by atoms with Crippen molar-refractivity contribution in [1.82, 2.24) is 10.2 Å². The zero-order valence-corrected chi connectivity index (χ0v) is 10.5. The van der Waals surface area contributed by atoms with E-state index in [-0.39, 0.29) is 0 Å². The molecule has 0 aromatic heterocycles. The number of likely N-dealkylation sites (tertiary alicyclic amines) is 1. The molecule has 0 amide bonds. The molecule has 1 rings (SSSR count). The monoisotopic (exact) mass is 210 g/mol. The van der Waals surface area contributed by atoms with Crippen LogP contribution in [0.4, 0.5) is 0 Å². The van der Waals surface area contributed by atoms with Crippen molar-refractivity contribution in [3.8, 4) is 0 Å². The van der Waals surface area contributed by atoms with E-state index in [2.05, 4.69) is 43.1 Å². The topological polar surface area (TPSA) is 15.3 Å². The van der Waals surface area contributed by atoms with Crippen LogP contribution in [0.3, 0.4) is 0 Å². The SMILES string of the molecule is CC=CCN1CCC(CNC(C)C)CC1. The number of nitrogens with one attached hydrogen (secondary N) is 1. The van der Waals surface area contributed by atoms with Crippen LogP contribution in [0.25, 0.3) is 0 Å². The molecule has 1 saturated heterocycles. The summed E-state index contributed by atoms with van der Waals surface area (Å²) in [7, 11) is 0. The Morgan fingerprint density at radius 3 is 2.53 bits per heavy atom. The fourth-order valence-electron chi connectivity index (χ4n) is 2.03. The summed E-state index contributed by atoms with van der Waals surface area (Å²) in [4.78, 5) is 2.55. The lowest BCUT2D eigenvalue weighted by atomic mass is 9.96. The Balaban J connectivity index is 2.12. The standard InChI is InChI=1S/C13H26N2/c1-4-5-8-15-9-6-13(7-10-15)11-14-12(2)3/h4-5,12-14H,6-11H2,1-3H3. The Morgan fingerprint density at radius 2 is 2.00 bits per heavy atom. The first-order valence-electron chi connectivity index (χ1n) is 6.29. The third kappa shape index (κ3) is 5.33. The second-order valence-electron chi connectivity index (χ2n) is 4.88. The quantitative estimate of drug-likeness (QED) is 0.700. The predicted molar refractivity (Wildman–Crippen MR) is 67.1 cm³/mol. The summed E-state index contributed by atoms with van der Waals surface area (Å²) in [6.45, 7) is 11.4. The van der Waals surface area contributed by atoms with E-state index in [1.807, 2.05) is 0 Å². The molecule has 1 N–H and O–H groups in total. The van der Waals surface area contributed by atoms with Crippen LogP contribution in [0, 0.1) is 5.92 Å². The van der Waals surface area contributed by atoms with Crippen LogP contribution in [0.1, 0.15) is 33.6 Å². The minimum absolute atomic E-state index is 0.631. The van der Waals surface area contributed by atoms with Crippen molar-refractivity contribution in [2.24, 2.45) is 5.92 Å². The molecule has 0 unspecified atom stereocenters. The third-order valence-electron chi connectivity index (χ3n) is 3.12. The summed E-state index contributed by atoms with van der Waals surface area (Å²) in [5.74, 6) is 0.897. The lowest BCUT2D eigenvalue weighted by molar-refractivity contribution is 0.196. The maximum Gasteiger partial charge on any atom is 0.0163 e. The van der Waals surface area contributed by atoms with E-state index in [1.54, 1.807) is 0 Å². The molecule has 0 bridgehead atoms. The molecule has 0 aliphatic carbocycles. The molecule has 0 radical (unpaired) electrons. The van der Waals surface area contributed by atoms with Gasteiger partial charge in [-0.2, -0.15) is 0 Å². The maximum absolute atomic E-state index is 3.54. The number of hydrogen-bond acceptors (Lipinski definition) is 2. The van der Waals surface area contributed by atoms with Gasteiger partial charge in [-0.3, -0.25) is 4.90 Å². The highest BCUT2D eigenvalue weighted by Gasteiger charge is 2.17. The van der Waals surface area contributed by atoms with Crippen molar-refractivity contribution in [2.75, 3.05) is 26.2 Å². The highest BCUT2D eigenvalue weighted by atomic mass is 15.1. The van der Waals surface area contributed by atoms with Crippen molar-refractivity contribution in [2.45, 2.75) is 39.7 Å². The first kappa shape index (κ1) is 12.7. The van der Waals surface area contributed by atoms with Crippen LogP contribution in [-0.4, -0.2) is 37.1 Å². The van der Waals surface area contributed by atoms with Gasteiger partial charge in [0.05, 0.1) is 0 Å². The average molecular weight is 210 g/mol. The summed E-state index contributed by atoms with van der Waals surface area (Å²) in [5, 5.41) is 3.54. The van der Waals surface area contributed by atoms with Gasteiger partial charge in [-0.25, -0.2) is 0 Å². The lowest BCUT2D eigenvalue weighted by Crippen LogP contribution is -2.38. The first-order valence-corrected chi connectivity index (χ1v) is 6.29. The van der Waals surface area contributed by atoms with Gasteiger partial charge in [-0.1, -0.05) is 26.0 Å². The first-order chi connectivity index (χ1) is 7.22. The van der Waals surface area contributed by atoms with Crippen molar-refractivity contribution >= 4 is 0 Å². The van der Waals surface area contributed by atoms with E-state index in [1.165, 1.54) is 32.5 Å². The molecule has 88 valence electrons. The highest BCUT2D eigenvalue weighted by Crippen LogP contribution is 2.16. The fourth-order valence-corrected chi connectivity index (χ4v) is 2.03.